The summed E-state index contributed by atoms with van der Waals surface area (Å²) < 4.78 is 13.5. The Kier molecular flexibility index (Phi) is 3.43. The molecule has 0 radical (unpaired) electrons. The first kappa shape index (κ1) is 13.0. The van der Waals surface area contributed by atoms with Crippen LogP contribution in [-0.2, 0) is 0 Å². The quantitative estimate of drug-likeness (QED) is 0.896. The van der Waals surface area contributed by atoms with E-state index in [1.807, 2.05) is 6.92 Å². The van der Waals surface area contributed by atoms with Crippen molar-refractivity contribution in [2.45, 2.75) is 20.8 Å². The number of aromatic nitrogens is 2. The molecule has 0 spiro atoms. The summed E-state index contributed by atoms with van der Waals surface area (Å²) in [7, 11) is 0. The Morgan fingerprint density at radius 3 is 2.58 bits per heavy atom. The first-order chi connectivity index (χ1) is 9.04. The number of rotatable bonds is 2. The largest absolute Gasteiger partial charge is 0.337 e. The predicted octanol–water partition coefficient (Wildman–Crippen LogP) is 3.16. The van der Waals surface area contributed by atoms with Gasteiger partial charge in [-0.25, -0.2) is 4.39 Å². The van der Waals surface area contributed by atoms with Gasteiger partial charge < -0.3 is 5.32 Å². The Morgan fingerprint density at radius 2 is 1.89 bits per heavy atom. The molecule has 1 N–H and O–H groups in total. The minimum Gasteiger partial charge on any atom is -0.337 e. The topological polar surface area (TPSA) is 61.6 Å². The summed E-state index contributed by atoms with van der Waals surface area (Å²) in [5.74, 6) is 0.0413. The third-order valence-electron chi connectivity index (χ3n) is 3.09. The number of nitriles is 1. The summed E-state index contributed by atoms with van der Waals surface area (Å²) in [6.45, 7) is 5.27. The van der Waals surface area contributed by atoms with Crippen LogP contribution in [0.25, 0.3) is 0 Å². The fourth-order valence-electron chi connectivity index (χ4n) is 1.70. The number of benzene rings is 1. The summed E-state index contributed by atoms with van der Waals surface area (Å²) in [5.41, 5.74) is 2.96. The monoisotopic (exact) mass is 256 g/mol. The van der Waals surface area contributed by atoms with E-state index in [1.165, 1.54) is 6.07 Å². The first-order valence-electron chi connectivity index (χ1n) is 5.80. The molecule has 0 bridgehead atoms. The van der Waals surface area contributed by atoms with E-state index >= 15 is 0 Å². The fraction of sp³-hybridized carbons (Fsp3) is 0.214. The molecule has 0 aliphatic rings. The maximum Gasteiger partial charge on any atom is 0.171 e. The standard InChI is InChI=1S/C14H13FN4/c1-8-10(3)18-19-14(11(8)7-16)17-13-6-4-5-12(15)9(13)2/h4-6H,1-3H3,(H,17,19). The van der Waals surface area contributed by atoms with Crippen LogP contribution >= 0.6 is 0 Å². The number of anilines is 2. The van der Waals surface area contributed by atoms with Gasteiger partial charge in [0.25, 0.3) is 0 Å². The first-order valence-corrected chi connectivity index (χ1v) is 5.80. The van der Waals surface area contributed by atoms with Crippen LogP contribution < -0.4 is 5.32 Å². The average molecular weight is 256 g/mol. The minimum atomic E-state index is -0.305. The minimum absolute atomic E-state index is 0.305. The normalized spacial score (nSPS) is 10.1. The molecule has 1 heterocycles. The predicted molar refractivity (Wildman–Crippen MR) is 70.6 cm³/mol. The molecular weight excluding hydrogens is 243 g/mol. The van der Waals surface area contributed by atoms with Gasteiger partial charge in [0.1, 0.15) is 17.4 Å². The van der Waals surface area contributed by atoms with Gasteiger partial charge in [-0.15, -0.1) is 5.10 Å². The molecule has 19 heavy (non-hydrogen) atoms. The van der Waals surface area contributed by atoms with E-state index in [0.717, 1.165) is 5.56 Å². The van der Waals surface area contributed by atoms with Crippen molar-refractivity contribution in [3.63, 3.8) is 0 Å². The third kappa shape index (κ3) is 2.38. The SMILES string of the molecule is Cc1nnc(Nc2cccc(F)c2C)c(C#N)c1C. The zero-order chi connectivity index (χ0) is 14.0. The Morgan fingerprint density at radius 1 is 1.16 bits per heavy atom. The smallest absolute Gasteiger partial charge is 0.171 e. The Bertz CT molecular complexity index is 674. The van der Waals surface area contributed by atoms with Crippen molar-refractivity contribution >= 4 is 11.5 Å². The van der Waals surface area contributed by atoms with E-state index in [-0.39, 0.29) is 5.82 Å². The number of hydrogen-bond acceptors (Lipinski definition) is 4. The average Bonchev–Trinajstić information content (AvgIpc) is 2.39. The molecule has 2 rings (SSSR count). The lowest BCUT2D eigenvalue weighted by Crippen LogP contribution is -2.04. The number of halogens is 1. The molecule has 1 aromatic heterocycles. The highest BCUT2D eigenvalue weighted by Gasteiger charge is 2.12. The summed E-state index contributed by atoms with van der Waals surface area (Å²) in [4.78, 5) is 0. The van der Waals surface area contributed by atoms with Crippen molar-refractivity contribution in [3.05, 3.63) is 46.4 Å². The van der Waals surface area contributed by atoms with Gasteiger partial charge in [-0.3, -0.25) is 0 Å². The molecule has 4 nitrogen and oxygen atoms in total. The van der Waals surface area contributed by atoms with Gasteiger partial charge in [-0.05, 0) is 38.5 Å². The molecule has 1 aromatic carbocycles. The summed E-state index contributed by atoms with van der Waals surface area (Å²) >= 11 is 0. The molecule has 0 saturated heterocycles. The van der Waals surface area contributed by atoms with Crippen LogP contribution in [0.4, 0.5) is 15.9 Å². The molecule has 0 fully saturated rings. The number of nitrogens with one attached hydrogen (secondary N) is 1. The van der Waals surface area contributed by atoms with Crippen molar-refractivity contribution < 1.29 is 4.39 Å². The lowest BCUT2D eigenvalue weighted by molar-refractivity contribution is 0.619. The zero-order valence-electron chi connectivity index (χ0n) is 11.0. The second-order valence-corrected chi connectivity index (χ2v) is 4.28. The van der Waals surface area contributed by atoms with Gasteiger partial charge in [0.2, 0.25) is 0 Å². The van der Waals surface area contributed by atoms with E-state index in [1.54, 1.807) is 26.0 Å². The second-order valence-electron chi connectivity index (χ2n) is 4.28. The van der Waals surface area contributed by atoms with Crippen LogP contribution in [0, 0.1) is 37.9 Å². The van der Waals surface area contributed by atoms with E-state index in [2.05, 4.69) is 21.6 Å². The maximum atomic E-state index is 13.5. The maximum absolute atomic E-state index is 13.5. The third-order valence-corrected chi connectivity index (χ3v) is 3.09. The molecule has 0 aliphatic carbocycles. The highest BCUT2D eigenvalue weighted by molar-refractivity contribution is 5.66. The Balaban J connectivity index is 2.48. The van der Waals surface area contributed by atoms with Crippen molar-refractivity contribution in [1.29, 1.82) is 5.26 Å². The molecule has 96 valence electrons. The number of nitrogens with zero attached hydrogens (tertiary/aromatic N) is 3. The van der Waals surface area contributed by atoms with E-state index in [4.69, 9.17) is 0 Å². The van der Waals surface area contributed by atoms with Crippen LogP contribution in [0.5, 0.6) is 0 Å². The number of hydrogen-bond donors (Lipinski definition) is 1. The van der Waals surface area contributed by atoms with Gasteiger partial charge >= 0.3 is 0 Å². The molecule has 0 atom stereocenters. The summed E-state index contributed by atoms with van der Waals surface area (Å²) in [6.07, 6.45) is 0. The summed E-state index contributed by atoms with van der Waals surface area (Å²) in [6, 6.07) is 6.82. The van der Waals surface area contributed by atoms with Crippen molar-refractivity contribution in [1.82, 2.24) is 10.2 Å². The molecule has 0 unspecified atom stereocenters. The molecule has 0 amide bonds. The van der Waals surface area contributed by atoms with E-state index in [0.29, 0.717) is 28.3 Å². The Hall–Kier alpha value is -2.48. The van der Waals surface area contributed by atoms with E-state index in [9.17, 15) is 9.65 Å². The molecule has 0 saturated carbocycles. The van der Waals surface area contributed by atoms with Gasteiger partial charge in [0.05, 0.1) is 5.69 Å². The molecule has 5 heteroatoms. The number of aryl methyl sites for hydroxylation is 1. The zero-order valence-corrected chi connectivity index (χ0v) is 11.0. The van der Waals surface area contributed by atoms with E-state index < -0.39 is 0 Å². The van der Waals surface area contributed by atoms with Gasteiger partial charge in [0, 0.05) is 11.3 Å². The highest BCUT2D eigenvalue weighted by atomic mass is 19.1. The van der Waals surface area contributed by atoms with Crippen LogP contribution in [0.1, 0.15) is 22.4 Å². The van der Waals surface area contributed by atoms with Gasteiger partial charge in [0.15, 0.2) is 5.82 Å². The van der Waals surface area contributed by atoms with Crippen LogP contribution in [0.15, 0.2) is 18.2 Å². The Labute approximate surface area is 110 Å². The van der Waals surface area contributed by atoms with Crippen LogP contribution in [0.2, 0.25) is 0 Å². The highest BCUT2D eigenvalue weighted by Crippen LogP contribution is 2.24. The second kappa shape index (κ2) is 5.02. The molecule has 2 aromatic rings. The van der Waals surface area contributed by atoms with Gasteiger partial charge in [-0.2, -0.15) is 10.4 Å². The van der Waals surface area contributed by atoms with Crippen LogP contribution in [0.3, 0.4) is 0 Å². The van der Waals surface area contributed by atoms with Gasteiger partial charge in [-0.1, -0.05) is 6.07 Å². The van der Waals surface area contributed by atoms with Crippen molar-refractivity contribution in [3.8, 4) is 6.07 Å². The van der Waals surface area contributed by atoms with Crippen LogP contribution in [-0.4, -0.2) is 10.2 Å². The fourth-order valence-corrected chi connectivity index (χ4v) is 1.70. The lowest BCUT2D eigenvalue weighted by atomic mass is 10.1. The molecule has 0 aliphatic heterocycles. The van der Waals surface area contributed by atoms with Crippen molar-refractivity contribution in [2.24, 2.45) is 0 Å². The van der Waals surface area contributed by atoms with Crippen molar-refractivity contribution in [2.75, 3.05) is 5.32 Å². The lowest BCUT2D eigenvalue weighted by Gasteiger charge is -2.11. The molecular formula is C14H13FN4. The summed E-state index contributed by atoms with van der Waals surface area (Å²) in [5, 5.41) is 20.1.